The van der Waals surface area contributed by atoms with E-state index in [1.165, 1.54) is 0 Å². The summed E-state index contributed by atoms with van der Waals surface area (Å²) in [6.45, 7) is 5.32. The molecule has 0 spiro atoms. The van der Waals surface area contributed by atoms with Crippen LogP contribution in [0.4, 0.5) is 11.4 Å². The van der Waals surface area contributed by atoms with E-state index in [-0.39, 0.29) is 10.8 Å². The van der Waals surface area contributed by atoms with Crippen molar-refractivity contribution in [2.24, 2.45) is 4.99 Å². The number of nitrogens with zero attached hydrogens (tertiary/aromatic N) is 3. The molecule has 1 aromatic carbocycles. The van der Waals surface area contributed by atoms with Gasteiger partial charge in [-0.2, -0.15) is 0 Å². The number of ether oxygens (including phenoxy) is 1. The Morgan fingerprint density at radius 3 is 2.85 bits per heavy atom. The fourth-order valence-electron chi connectivity index (χ4n) is 2.78. The average molecular weight is 397 g/mol. The highest BCUT2D eigenvalue weighted by atomic mass is 35.5. The van der Waals surface area contributed by atoms with Crippen molar-refractivity contribution >= 4 is 40.3 Å². The lowest BCUT2D eigenvalue weighted by Crippen LogP contribution is -2.31. The Bertz CT molecular complexity index is 931. The van der Waals surface area contributed by atoms with Gasteiger partial charge in [-0.05, 0) is 56.2 Å². The van der Waals surface area contributed by atoms with Gasteiger partial charge in [0, 0.05) is 13.1 Å². The zero-order chi connectivity index (χ0) is 18.7. The van der Waals surface area contributed by atoms with Crippen molar-refractivity contribution in [1.29, 1.82) is 0 Å². The van der Waals surface area contributed by atoms with Crippen LogP contribution in [0.25, 0.3) is 0 Å². The predicted octanol–water partition coefficient (Wildman–Crippen LogP) is 2.75. The first kappa shape index (κ1) is 18.7. The zero-order valence-electron chi connectivity index (χ0n) is 14.7. The van der Waals surface area contributed by atoms with Crippen molar-refractivity contribution in [3.8, 4) is 0 Å². The van der Waals surface area contributed by atoms with Crippen molar-refractivity contribution < 1.29 is 9.53 Å². The summed E-state index contributed by atoms with van der Waals surface area (Å²) < 4.78 is 8.67. The molecule has 1 aliphatic rings. The molecule has 9 heteroatoms. The van der Waals surface area contributed by atoms with E-state index >= 15 is 0 Å². The molecule has 0 fully saturated rings. The number of fused-ring (bicyclic) bond motifs is 1. The number of esters is 1. The first-order valence-electron chi connectivity index (χ1n) is 8.58. The van der Waals surface area contributed by atoms with Crippen LogP contribution in [-0.4, -0.2) is 28.0 Å². The SMILES string of the molecule is CCOC(=O)C(C)Nc1cc(N=c2sc(=O)n3n2CCCC3)ccc1Cl. The molecule has 1 aromatic heterocycles. The first-order valence-corrected chi connectivity index (χ1v) is 9.77. The Balaban J connectivity index is 1.91. The number of anilines is 1. The lowest BCUT2D eigenvalue weighted by Gasteiger charge is -2.16. The minimum absolute atomic E-state index is 0.00620. The number of hydrogen-bond donors (Lipinski definition) is 1. The summed E-state index contributed by atoms with van der Waals surface area (Å²) in [5.74, 6) is -0.346. The largest absolute Gasteiger partial charge is 0.464 e. The third-order valence-electron chi connectivity index (χ3n) is 4.08. The maximum absolute atomic E-state index is 12.1. The molecule has 140 valence electrons. The van der Waals surface area contributed by atoms with Crippen LogP contribution in [-0.2, 0) is 22.6 Å². The van der Waals surface area contributed by atoms with Gasteiger partial charge >= 0.3 is 10.8 Å². The number of rotatable bonds is 5. The zero-order valence-corrected chi connectivity index (χ0v) is 16.3. The summed E-state index contributed by atoms with van der Waals surface area (Å²) in [5, 5.41) is 3.54. The maximum atomic E-state index is 12.1. The van der Waals surface area contributed by atoms with Crippen LogP contribution in [0.1, 0.15) is 26.7 Å². The quantitative estimate of drug-likeness (QED) is 0.788. The molecule has 2 aromatic rings. The number of halogens is 1. The smallest absolute Gasteiger partial charge is 0.328 e. The van der Waals surface area contributed by atoms with E-state index in [4.69, 9.17) is 16.3 Å². The Kier molecular flexibility index (Phi) is 5.83. The second-order valence-electron chi connectivity index (χ2n) is 6.00. The highest BCUT2D eigenvalue weighted by Crippen LogP contribution is 2.27. The number of aromatic nitrogens is 2. The minimum Gasteiger partial charge on any atom is -0.464 e. The Hall–Kier alpha value is -2.06. The molecule has 1 aliphatic heterocycles. The van der Waals surface area contributed by atoms with Gasteiger partial charge in [-0.15, -0.1) is 0 Å². The summed E-state index contributed by atoms with van der Waals surface area (Å²) in [6.07, 6.45) is 2.05. The number of carbonyl (C=O) groups is 1. The van der Waals surface area contributed by atoms with E-state index in [0.717, 1.165) is 37.3 Å². The van der Waals surface area contributed by atoms with Gasteiger partial charge in [0.25, 0.3) is 0 Å². The molecule has 3 rings (SSSR count). The summed E-state index contributed by atoms with van der Waals surface area (Å²) >= 11 is 7.37. The molecule has 1 atom stereocenters. The molecule has 0 saturated carbocycles. The molecular formula is C17H21ClN4O3S. The summed E-state index contributed by atoms with van der Waals surface area (Å²) in [5.41, 5.74) is 1.26. The molecule has 0 amide bonds. The van der Waals surface area contributed by atoms with E-state index in [0.29, 0.717) is 27.8 Å². The lowest BCUT2D eigenvalue weighted by molar-refractivity contribution is -0.143. The molecule has 0 saturated heterocycles. The van der Waals surface area contributed by atoms with Gasteiger partial charge in [0.2, 0.25) is 4.80 Å². The summed E-state index contributed by atoms with van der Waals surface area (Å²) in [6, 6.07) is 4.74. The van der Waals surface area contributed by atoms with Gasteiger partial charge in [0.1, 0.15) is 6.04 Å². The highest BCUT2D eigenvalue weighted by Gasteiger charge is 2.16. The standard InChI is InChI=1S/C17H21ClN4O3S/c1-3-25-15(23)11(2)19-14-10-12(6-7-13(14)18)20-16-21-8-4-5-9-22(21)17(24)26-16/h6-7,10-11,19H,3-5,8-9H2,1-2H3. The van der Waals surface area contributed by atoms with Gasteiger partial charge < -0.3 is 10.1 Å². The highest BCUT2D eigenvalue weighted by molar-refractivity contribution is 7.06. The fraction of sp³-hybridized carbons (Fsp3) is 0.471. The van der Waals surface area contributed by atoms with E-state index < -0.39 is 6.04 Å². The minimum atomic E-state index is -0.532. The lowest BCUT2D eigenvalue weighted by atomic mass is 10.2. The number of hydrogen-bond acceptors (Lipinski definition) is 6. The molecular weight excluding hydrogens is 376 g/mol. The Morgan fingerprint density at radius 1 is 1.38 bits per heavy atom. The van der Waals surface area contributed by atoms with Crippen LogP contribution in [0.3, 0.4) is 0 Å². The van der Waals surface area contributed by atoms with Crippen molar-refractivity contribution in [1.82, 2.24) is 9.36 Å². The van der Waals surface area contributed by atoms with Crippen LogP contribution in [0, 0.1) is 0 Å². The molecule has 7 nitrogen and oxygen atoms in total. The van der Waals surface area contributed by atoms with Crippen LogP contribution in [0.5, 0.6) is 0 Å². The topological polar surface area (TPSA) is 77.6 Å². The van der Waals surface area contributed by atoms with Crippen molar-refractivity contribution in [3.05, 3.63) is 37.7 Å². The fourth-order valence-corrected chi connectivity index (χ4v) is 3.85. The van der Waals surface area contributed by atoms with Crippen LogP contribution in [0.15, 0.2) is 28.0 Å². The maximum Gasteiger partial charge on any atom is 0.328 e. The van der Waals surface area contributed by atoms with E-state index in [9.17, 15) is 9.59 Å². The summed E-state index contributed by atoms with van der Waals surface area (Å²) in [4.78, 5) is 29.2. The monoisotopic (exact) mass is 396 g/mol. The molecule has 2 heterocycles. The third-order valence-corrected chi connectivity index (χ3v) is 5.28. The Labute approximate surface area is 159 Å². The Morgan fingerprint density at radius 2 is 2.12 bits per heavy atom. The third kappa shape index (κ3) is 4.02. The number of nitrogens with one attached hydrogen (secondary N) is 1. The molecule has 26 heavy (non-hydrogen) atoms. The van der Waals surface area contributed by atoms with E-state index in [2.05, 4.69) is 10.3 Å². The molecule has 1 unspecified atom stereocenters. The first-order chi connectivity index (χ1) is 12.5. The van der Waals surface area contributed by atoms with Crippen LogP contribution < -0.4 is 15.0 Å². The number of benzene rings is 1. The van der Waals surface area contributed by atoms with Gasteiger partial charge in [0.15, 0.2) is 0 Å². The normalized spacial score (nSPS) is 15.4. The molecule has 0 bridgehead atoms. The number of carbonyl (C=O) groups excluding carboxylic acids is 1. The van der Waals surface area contributed by atoms with Gasteiger partial charge in [-0.1, -0.05) is 11.6 Å². The van der Waals surface area contributed by atoms with E-state index in [1.54, 1.807) is 36.7 Å². The van der Waals surface area contributed by atoms with Crippen LogP contribution in [0.2, 0.25) is 5.02 Å². The second kappa shape index (κ2) is 8.09. The van der Waals surface area contributed by atoms with Gasteiger partial charge in [0.05, 0.1) is 23.0 Å². The van der Waals surface area contributed by atoms with Crippen molar-refractivity contribution in [2.75, 3.05) is 11.9 Å². The van der Waals surface area contributed by atoms with Crippen molar-refractivity contribution in [2.45, 2.75) is 45.8 Å². The summed E-state index contributed by atoms with van der Waals surface area (Å²) in [7, 11) is 0. The average Bonchev–Trinajstić information content (AvgIpc) is 2.94. The molecule has 0 aliphatic carbocycles. The second-order valence-corrected chi connectivity index (χ2v) is 7.32. The predicted molar refractivity (Wildman–Crippen MR) is 102 cm³/mol. The molecule has 1 N–H and O–H groups in total. The van der Waals surface area contributed by atoms with E-state index in [1.807, 2.05) is 4.68 Å². The van der Waals surface area contributed by atoms with Crippen LogP contribution >= 0.6 is 22.9 Å². The van der Waals surface area contributed by atoms with Gasteiger partial charge in [-0.25, -0.2) is 14.5 Å². The molecule has 0 radical (unpaired) electrons. The van der Waals surface area contributed by atoms with Crippen molar-refractivity contribution in [3.63, 3.8) is 0 Å². The van der Waals surface area contributed by atoms with Gasteiger partial charge in [-0.3, -0.25) is 9.48 Å².